The Labute approximate surface area is 160 Å². The van der Waals surface area contributed by atoms with Crippen LogP contribution in [-0.4, -0.2) is 50.2 Å². The summed E-state index contributed by atoms with van der Waals surface area (Å²) in [6, 6.07) is 14.8. The highest BCUT2D eigenvalue weighted by Gasteiger charge is 2.18. The topological polar surface area (TPSA) is 25.5 Å². The maximum absolute atomic E-state index is 6.00. The molecule has 26 heavy (non-hydrogen) atoms. The Morgan fingerprint density at radius 2 is 1.73 bits per heavy atom. The van der Waals surface area contributed by atoms with Gasteiger partial charge in [-0.25, -0.2) is 0 Å². The second-order valence-corrected chi connectivity index (χ2v) is 7.61. The molecule has 2 aromatic carbocycles. The van der Waals surface area contributed by atoms with Gasteiger partial charge in [0.15, 0.2) is 0 Å². The lowest BCUT2D eigenvalue weighted by Gasteiger charge is -2.36. The summed E-state index contributed by atoms with van der Waals surface area (Å²) in [5, 5.41) is 2.12. The van der Waals surface area contributed by atoms with E-state index in [-0.39, 0.29) is 0 Å². The molecule has 0 bridgehead atoms. The average Bonchev–Trinajstić information content (AvgIpc) is 3.05. The van der Waals surface area contributed by atoms with Crippen LogP contribution in [0.1, 0.15) is 5.56 Å². The third-order valence-corrected chi connectivity index (χ3v) is 5.48. The van der Waals surface area contributed by atoms with Crippen LogP contribution in [0.2, 0.25) is 5.02 Å². The minimum Gasteiger partial charge on any atom is -0.378 e. The first-order chi connectivity index (χ1) is 12.6. The summed E-state index contributed by atoms with van der Waals surface area (Å²) in [5.41, 5.74) is 5.08. The lowest BCUT2D eigenvalue weighted by atomic mass is 10.1. The minimum atomic E-state index is 0.796. The Balaban J connectivity index is 1.41. The molecule has 3 aromatic rings. The number of anilines is 2. The number of hydrogen-bond acceptors (Lipinski definition) is 3. The highest BCUT2D eigenvalue weighted by atomic mass is 35.5. The zero-order chi connectivity index (χ0) is 18.1. The number of nitrogens with one attached hydrogen (secondary N) is 1. The number of aromatic nitrogens is 1. The maximum Gasteiger partial charge on any atom is 0.0478 e. The highest BCUT2D eigenvalue weighted by Crippen LogP contribution is 2.25. The highest BCUT2D eigenvalue weighted by molar-refractivity contribution is 6.30. The molecule has 1 aliphatic rings. The van der Waals surface area contributed by atoms with Gasteiger partial charge in [0, 0.05) is 80.3 Å². The molecule has 2 heterocycles. The molecule has 1 aliphatic heterocycles. The predicted molar refractivity (Wildman–Crippen MR) is 112 cm³/mol. The van der Waals surface area contributed by atoms with E-state index in [2.05, 4.69) is 70.3 Å². The van der Waals surface area contributed by atoms with Crippen molar-refractivity contribution in [3.63, 3.8) is 0 Å². The van der Waals surface area contributed by atoms with E-state index in [1.165, 1.54) is 27.8 Å². The molecule has 4 nitrogen and oxygen atoms in total. The zero-order valence-corrected chi connectivity index (χ0v) is 16.1. The average molecular weight is 369 g/mol. The maximum atomic E-state index is 6.00. The molecule has 0 unspecified atom stereocenters. The fraction of sp³-hybridized carbons (Fsp3) is 0.333. The van der Waals surface area contributed by atoms with Crippen LogP contribution in [-0.2, 0) is 6.54 Å². The summed E-state index contributed by atoms with van der Waals surface area (Å²) in [7, 11) is 4.15. The monoisotopic (exact) mass is 368 g/mol. The molecule has 1 fully saturated rings. The number of nitrogens with zero attached hydrogens (tertiary/aromatic N) is 3. The second kappa shape index (κ2) is 7.22. The van der Waals surface area contributed by atoms with Crippen molar-refractivity contribution in [2.75, 3.05) is 50.1 Å². The predicted octanol–water partition coefficient (Wildman–Crippen LogP) is 4.21. The van der Waals surface area contributed by atoms with Gasteiger partial charge in [-0.2, -0.15) is 0 Å². The number of hydrogen-bond donors (Lipinski definition) is 1. The zero-order valence-electron chi connectivity index (χ0n) is 15.4. The number of H-pyrrole nitrogens is 1. The molecule has 136 valence electrons. The first kappa shape index (κ1) is 17.3. The third-order valence-electron chi connectivity index (χ3n) is 5.23. The van der Waals surface area contributed by atoms with E-state index in [1.807, 2.05) is 12.1 Å². The smallest absolute Gasteiger partial charge is 0.0478 e. The minimum absolute atomic E-state index is 0.796. The molecule has 4 rings (SSSR count). The van der Waals surface area contributed by atoms with Gasteiger partial charge in [0.2, 0.25) is 0 Å². The van der Waals surface area contributed by atoms with E-state index in [4.69, 9.17) is 11.6 Å². The summed E-state index contributed by atoms with van der Waals surface area (Å²) < 4.78 is 0. The third kappa shape index (κ3) is 3.53. The Morgan fingerprint density at radius 3 is 2.42 bits per heavy atom. The van der Waals surface area contributed by atoms with Gasteiger partial charge < -0.3 is 14.8 Å². The molecular weight excluding hydrogens is 344 g/mol. The molecule has 0 radical (unpaired) electrons. The van der Waals surface area contributed by atoms with Crippen LogP contribution < -0.4 is 9.80 Å². The van der Waals surface area contributed by atoms with Crippen LogP contribution in [0.3, 0.4) is 0 Å². The molecule has 1 N–H and O–H groups in total. The van der Waals surface area contributed by atoms with Crippen molar-refractivity contribution in [1.29, 1.82) is 0 Å². The number of halogens is 1. The SMILES string of the molecule is CN(C)c1ccc2c(CN3CCN(c4ccc(Cl)cc4)CC3)c[nH]c2c1. The molecule has 1 saturated heterocycles. The van der Waals surface area contributed by atoms with Gasteiger partial charge in [-0.15, -0.1) is 0 Å². The van der Waals surface area contributed by atoms with Crippen molar-refractivity contribution in [1.82, 2.24) is 9.88 Å². The van der Waals surface area contributed by atoms with Crippen LogP contribution in [0.25, 0.3) is 10.9 Å². The van der Waals surface area contributed by atoms with Crippen molar-refractivity contribution in [3.8, 4) is 0 Å². The van der Waals surface area contributed by atoms with Crippen molar-refractivity contribution in [2.24, 2.45) is 0 Å². The summed E-state index contributed by atoms with van der Waals surface area (Å²) in [6.45, 7) is 5.25. The van der Waals surface area contributed by atoms with Crippen LogP contribution >= 0.6 is 11.6 Å². The largest absolute Gasteiger partial charge is 0.378 e. The Hall–Kier alpha value is -2.17. The molecule has 1 aromatic heterocycles. The van der Waals surface area contributed by atoms with Gasteiger partial charge in [0.1, 0.15) is 0 Å². The summed E-state index contributed by atoms with van der Waals surface area (Å²) in [5.74, 6) is 0. The second-order valence-electron chi connectivity index (χ2n) is 7.18. The van der Waals surface area contributed by atoms with Crippen LogP contribution in [0.5, 0.6) is 0 Å². The number of rotatable bonds is 4. The number of benzene rings is 2. The Kier molecular flexibility index (Phi) is 4.79. The number of aromatic amines is 1. The lowest BCUT2D eigenvalue weighted by molar-refractivity contribution is 0.250. The fourth-order valence-corrected chi connectivity index (χ4v) is 3.77. The van der Waals surface area contributed by atoms with Crippen molar-refractivity contribution in [3.05, 3.63) is 59.2 Å². The fourth-order valence-electron chi connectivity index (χ4n) is 3.64. The molecule has 0 amide bonds. The van der Waals surface area contributed by atoms with Gasteiger partial charge in [-0.1, -0.05) is 17.7 Å². The van der Waals surface area contributed by atoms with Gasteiger partial charge in [-0.05, 0) is 42.0 Å². The van der Waals surface area contributed by atoms with Crippen molar-refractivity contribution >= 4 is 33.9 Å². The number of piperazine rings is 1. The normalized spacial score (nSPS) is 15.6. The quantitative estimate of drug-likeness (QED) is 0.746. The van der Waals surface area contributed by atoms with Gasteiger partial charge in [0.25, 0.3) is 0 Å². The van der Waals surface area contributed by atoms with Crippen molar-refractivity contribution in [2.45, 2.75) is 6.54 Å². The van der Waals surface area contributed by atoms with E-state index in [0.717, 1.165) is 37.7 Å². The lowest BCUT2D eigenvalue weighted by Crippen LogP contribution is -2.45. The Morgan fingerprint density at radius 1 is 1.00 bits per heavy atom. The van der Waals surface area contributed by atoms with E-state index in [1.54, 1.807) is 0 Å². The first-order valence-electron chi connectivity index (χ1n) is 9.10. The molecule has 5 heteroatoms. The standard InChI is InChI=1S/C21H25ClN4/c1-24(2)19-7-8-20-16(14-23-21(20)13-19)15-25-9-11-26(12-10-25)18-5-3-17(22)4-6-18/h3-8,13-14,23H,9-12,15H2,1-2H3. The first-order valence-corrected chi connectivity index (χ1v) is 9.48. The summed E-state index contributed by atoms with van der Waals surface area (Å²) >= 11 is 6.00. The van der Waals surface area contributed by atoms with E-state index in [0.29, 0.717) is 0 Å². The molecule has 0 atom stereocenters. The number of fused-ring (bicyclic) bond motifs is 1. The molecular formula is C21H25ClN4. The van der Waals surface area contributed by atoms with E-state index >= 15 is 0 Å². The van der Waals surface area contributed by atoms with Crippen LogP contribution in [0, 0.1) is 0 Å². The van der Waals surface area contributed by atoms with E-state index in [9.17, 15) is 0 Å². The summed E-state index contributed by atoms with van der Waals surface area (Å²) in [4.78, 5) is 10.5. The van der Waals surface area contributed by atoms with Crippen LogP contribution in [0.4, 0.5) is 11.4 Å². The molecule has 0 saturated carbocycles. The molecule has 0 aliphatic carbocycles. The Bertz CT molecular complexity index is 877. The molecule has 0 spiro atoms. The van der Waals surface area contributed by atoms with Gasteiger partial charge in [0.05, 0.1) is 0 Å². The van der Waals surface area contributed by atoms with Crippen LogP contribution in [0.15, 0.2) is 48.7 Å². The van der Waals surface area contributed by atoms with Gasteiger partial charge in [-0.3, -0.25) is 4.90 Å². The van der Waals surface area contributed by atoms with E-state index < -0.39 is 0 Å². The van der Waals surface area contributed by atoms with Gasteiger partial charge >= 0.3 is 0 Å². The van der Waals surface area contributed by atoms with Crippen molar-refractivity contribution < 1.29 is 0 Å². The summed E-state index contributed by atoms with van der Waals surface area (Å²) in [6.07, 6.45) is 2.16.